The molecule has 0 rings (SSSR count). The van der Waals surface area contributed by atoms with E-state index in [-0.39, 0.29) is 24.8 Å². The first-order valence-electron chi connectivity index (χ1n) is 13.2. The molecule has 0 aromatic heterocycles. The summed E-state index contributed by atoms with van der Waals surface area (Å²) in [5.74, 6) is -0.575. The molecule has 0 radical (unpaired) electrons. The number of allylic oxidation sites excluding steroid dienone is 2. The number of esters is 2. The SMILES string of the molecule is CC/C=C/CCCCCCCCCCOC(=O)CCC(=O)OCCCCCCCCC. The van der Waals surface area contributed by atoms with E-state index in [9.17, 15) is 9.59 Å². The molecule has 4 heteroatoms. The number of carbonyl (C=O) groups excluding carboxylic acids is 2. The molecular formula is C27H50O4. The van der Waals surface area contributed by atoms with E-state index < -0.39 is 0 Å². The van der Waals surface area contributed by atoms with Gasteiger partial charge in [0.15, 0.2) is 0 Å². The predicted octanol–water partition coefficient (Wildman–Crippen LogP) is 8.08. The molecule has 0 aromatic carbocycles. The number of rotatable bonds is 23. The van der Waals surface area contributed by atoms with Crippen LogP contribution in [0.2, 0.25) is 0 Å². The van der Waals surface area contributed by atoms with Crippen LogP contribution >= 0.6 is 0 Å². The molecule has 0 aromatic rings. The predicted molar refractivity (Wildman–Crippen MR) is 130 cm³/mol. The van der Waals surface area contributed by atoms with Gasteiger partial charge in [0.25, 0.3) is 0 Å². The summed E-state index contributed by atoms with van der Waals surface area (Å²) < 4.78 is 10.4. The molecule has 31 heavy (non-hydrogen) atoms. The van der Waals surface area contributed by atoms with E-state index in [0.717, 1.165) is 32.1 Å². The summed E-state index contributed by atoms with van der Waals surface area (Å²) in [7, 11) is 0. The van der Waals surface area contributed by atoms with Gasteiger partial charge >= 0.3 is 11.9 Å². The van der Waals surface area contributed by atoms with Gasteiger partial charge in [-0.15, -0.1) is 0 Å². The molecule has 0 unspecified atom stereocenters. The maximum atomic E-state index is 11.7. The number of ether oxygens (including phenoxy) is 2. The van der Waals surface area contributed by atoms with E-state index >= 15 is 0 Å². The molecule has 0 aliphatic heterocycles. The van der Waals surface area contributed by atoms with Crippen LogP contribution in [0.4, 0.5) is 0 Å². The Balaban J connectivity index is 3.31. The van der Waals surface area contributed by atoms with Crippen molar-refractivity contribution < 1.29 is 19.1 Å². The summed E-state index contributed by atoms with van der Waals surface area (Å²) in [6.07, 6.45) is 25.3. The molecule has 0 aliphatic carbocycles. The largest absolute Gasteiger partial charge is 0.466 e. The van der Waals surface area contributed by atoms with Crippen LogP contribution in [0.15, 0.2) is 12.2 Å². The highest BCUT2D eigenvalue weighted by Crippen LogP contribution is 2.11. The molecule has 0 aliphatic rings. The third kappa shape index (κ3) is 24.8. The van der Waals surface area contributed by atoms with Crippen molar-refractivity contribution in [3.63, 3.8) is 0 Å². The van der Waals surface area contributed by atoms with Crippen molar-refractivity contribution in [2.24, 2.45) is 0 Å². The first-order chi connectivity index (χ1) is 15.2. The molecule has 0 amide bonds. The summed E-state index contributed by atoms with van der Waals surface area (Å²) in [5, 5.41) is 0. The van der Waals surface area contributed by atoms with Crippen LogP contribution in [0.1, 0.15) is 136 Å². The minimum atomic E-state index is -0.288. The lowest BCUT2D eigenvalue weighted by atomic mass is 10.1. The van der Waals surface area contributed by atoms with E-state index in [1.807, 2.05) is 0 Å². The van der Waals surface area contributed by atoms with Crippen molar-refractivity contribution in [2.45, 2.75) is 136 Å². The Bertz CT molecular complexity index is 431. The van der Waals surface area contributed by atoms with E-state index in [1.54, 1.807) is 0 Å². The van der Waals surface area contributed by atoms with Gasteiger partial charge in [0, 0.05) is 0 Å². The molecule has 0 saturated heterocycles. The highest BCUT2D eigenvalue weighted by molar-refractivity contribution is 5.77. The summed E-state index contributed by atoms with van der Waals surface area (Å²) in [6, 6.07) is 0. The molecule has 0 heterocycles. The van der Waals surface area contributed by atoms with Gasteiger partial charge in [0.2, 0.25) is 0 Å². The molecule has 4 nitrogen and oxygen atoms in total. The van der Waals surface area contributed by atoms with Gasteiger partial charge in [-0.05, 0) is 32.1 Å². The van der Waals surface area contributed by atoms with Crippen LogP contribution in [0.5, 0.6) is 0 Å². The van der Waals surface area contributed by atoms with Crippen molar-refractivity contribution >= 4 is 11.9 Å². The molecule has 182 valence electrons. The van der Waals surface area contributed by atoms with Gasteiger partial charge in [0.1, 0.15) is 0 Å². The quantitative estimate of drug-likeness (QED) is 0.0919. The van der Waals surface area contributed by atoms with Gasteiger partial charge in [-0.25, -0.2) is 0 Å². The van der Waals surface area contributed by atoms with Crippen LogP contribution in [0.3, 0.4) is 0 Å². The Morgan fingerprint density at radius 2 is 0.968 bits per heavy atom. The van der Waals surface area contributed by atoms with Crippen LogP contribution < -0.4 is 0 Å². The average molecular weight is 439 g/mol. The smallest absolute Gasteiger partial charge is 0.306 e. The standard InChI is InChI=1S/C27H50O4/c1-3-5-7-9-11-12-13-14-15-17-19-21-25-31-27(29)23-22-26(28)30-24-20-18-16-10-8-6-4-2/h5,7H,3-4,6,8-25H2,1-2H3/b7-5+. The van der Waals surface area contributed by atoms with Crippen LogP contribution in [0, 0.1) is 0 Å². The maximum absolute atomic E-state index is 11.7. The van der Waals surface area contributed by atoms with Gasteiger partial charge in [0.05, 0.1) is 26.1 Å². The first kappa shape index (κ1) is 29.7. The number of carbonyl (C=O) groups is 2. The normalized spacial score (nSPS) is 11.2. The van der Waals surface area contributed by atoms with Crippen molar-refractivity contribution in [1.82, 2.24) is 0 Å². The molecule has 0 spiro atoms. The average Bonchev–Trinajstić information content (AvgIpc) is 2.77. The monoisotopic (exact) mass is 438 g/mol. The summed E-state index contributed by atoms with van der Waals surface area (Å²) in [6.45, 7) is 5.33. The highest BCUT2D eigenvalue weighted by atomic mass is 16.5. The van der Waals surface area contributed by atoms with Crippen molar-refractivity contribution in [3.05, 3.63) is 12.2 Å². The third-order valence-corrected chi connectivity index (χ3v) is 5.47. The van der Waals surface area contributed by atoms with E-state index in [1.165, 1.54) is 77.0 Å². The Morgan fingerprint density at radius 3 is 1.42 bits per heavy atom. The van der Waals surface area contributed by atoms with Gasteiger partial charge in [-0.3, -0.25) is 9.59 Å². The minimum absolute atomic E-state index is 0.128. The second kappa shape index (κ2) is 24.9. The summed E-state index contributed by atoms with van der Waals surface area (Å²) >= 11 is 0. The third-order valence-electron chi connectivity index (χ3n) is 5.47. The van der Waals surface area contributed by atoms with Crippen molar-refractivity contribution in [3.8, 4) is 0 Å². The van der Waals surface area contributed by atoms with Gasteiger partial charge in [-0.1, -0.05) is 103 Å². The maximum Gasteiger partial charge on any atom is 0.306 e. The lowest BCUT2D eigenvalue weighted by Gasteiger charge is -2.06. The summed E-state index contributed by atoms with van der Waals surface area (Å²) in [4.78, 5) is 23.4. The second-order valence-electron chi connectivity index (χ2n) is 8.56. The molecule has 0 fully saturated rings. The molecule has 0 bridgehead atoms. The fourth-order valence-corrected chi connectivity index (χ4v) is 3.49. The Labute approximate surface area is 192 Å². The number of hydrogen-bond donors (Lipinski definition) is 0. The fourth-order valence-electron chi connectivity index (χ4n) is 3.49. The van der Waals surface area contributed by atoms with Gasteiger partial charge in [-0.2, -0.15) is 0 Å². The second-order valence-corrected chi connectivity index (χ2v) is 8.56. The van der Waals surface area contributed by atoms with Crippen LogP contribution in [-0.4, -0.2) is 25.2 Å². The number of unbranched alkanes of at least 4 members (excludes halogenated alkanes) is 14. The Kier molecular flexibility index (Phi) is 23.9. The minimum Gasteiger partial charge on any atom is -0.466 e. The lowest BCUT2D eigenvalue weighted by Crippen LogP contribution is -2.11. The summed E-state index contributed by atoms with van der Waals surface area (Å²) in [5.41, 5.74) is 0. The zero-order valence-electron chi connectivity index (χ0n) is 20.6. The molecule has 0 saturated carbocycles. The first-order valence-corrected chi connectivity index (χ1v) is 13.2. The van der Waals surface area contributed by atoms with Crippen LogP contribution in [0.25, 0.3) is 0 Å². The topological polar surface area (TPSA) is 52.6 Å². The molecule has 0 atom stereocenters. The van der Waals surface area contributed by atoms with Crippen LogP contribution in [-0.2, 0) is 19.1 Å². The van der Waals surface area contributed by atoms with E-state index in [0.29, 0.717) is 13.2 Å². The highest BCUT2D eigenvalue weighted by Gasteiger charge is 2.09. The van der Waals surface area contributed by atoms with Crippen molar-refractivity contribution in [1.29, 1.82) is 0 Å². The van der Waals surface area contributed by atoms with E-state index in [4.69, 9.17) is 9.47 Å². The van der Waals surface area contributed by atoms with Crippen molar-refractivity contribution in [2.75, 3.05) is 13.2 Å². The lowest BCUT2D eigenvalue weighted by molar-refractivity contribution is -0.150. The molecule has 0 N–H and O–H groups in total. The number of hydrogen-bond acceptors (Lipinski definition) is 4. The Morgan fingerprint density at radius 1 is 0.548 bits per heavy atom. The Hall–Kier alpha value is -1.32. The van der Waals surface area contributed by atoms with E-state index in [2.05, 4.69) is 26.0 Å². The van der Waals surface area contributed by atoms with Gasteiger partial charge < -0.3 is 9.47 Å². The fraction of sp³-hybridized carbons (Fsp3) is 0.852. The zero-order chi connectivity index (χ0) is 22.8. The zero-order valence-corrected chi connectivity index (χ0v) is 20.6. The molecular weight excluding hydrogens is 388 g/mol.